The standard InChI is InChI=1S/C10H7F3N2O/c11-10(12,13)15-5-4-6-7(9(14)16)2-1-3-8(6)15/h1-5H,(H2,14,16). The van der Waals surface area contributed by atoms with Crippen LogP contribution in [0, 0.1) is 0 Å². The molecule has 0 aliphatic heterocycles. The number of primary amides is 1. The van der Waals surface area contributed by atoms with Gasteiger partial charge in [-0.3, -0.25) is 9.36 Å². The van der Waals surface area contributed by atoms with Crippen LogP contribution >= 0.6 is 0 Å². The first-order valence-corrected chi connectivity index (χ1v) is 4.38. The average molecular weight is 228 g/mol. The number of rotatable bonds is 1. The molecule has 0 saturated carbocycles. The van der Waals surface area contributed by atoms with Crippen molar-refractivity contribution in [3.63, 3.8) is 0 Å². The fourth-order valence-corrected chi connectivity index (χ4v) is 1.60. The number of carbonyl (C=O) groups excluding carboxylic acids is 1. The highest BCUT2D eigenvalue weighted by Gasteiger charge is 2.31. The van der Waals surface area contributed by atoms with E-state index in [1.807, 2.05) is 0 Å². The summed E-state index contributed by atoms with van der Waals surface area (Å²) in [4.78, 5) is 11.0. The lowest BCUT2D eigenvalue weighted by Crippen LogP contribution is -2.15. The molecule has 3 nitrogen and oxygen atoms in total. The molecule has 1 aromatic carbocycles. The van der Waals surface area contributed by atoms with Gasteiger partial charge in [0.25, 0.3) is 0 Å². The third-order valence-corrected chi connectivity index (χ3v) is 2.27. The van der Waals surface area contributed by atoms with Crippen molar-refractivity contribution in [2.24, 2.45) is 5.73 Å². The van der Waals surface area contributed by atoms with Gasteiger partial charge in [-0.2, -0.15) is 0 Å². The van der Waals surface area contributed by atoms with E-state index in [2.05, 4.69) is 0 Å². The first kappa shape index (κ1) is 10.5. The zero-order valence-electron chi connectivity index (χ0n) is 7.95. The second kappa shape index (κ2) is 3.26. The topological polar surface area (TPSA) is 48.0 Å². The number of benzene rings is 1. The fourth-order valence-electron chi connectivity index (χ4n) is 1.60. The molecule has 0 saturated heterocycles. The Balaban J connectivity index is 2.76. The van der Waals surface area contributed by atoms with Crippen LogP contribution in [0.5, 0.6) is 0 Å². The largest absolute Gasteiger partial charge is 0.488 e. The molecule has 2 aromatic rings. The van der Waals surface area contributed by atoms with Gasteiger partial charge in [-0.05, 0) is 18.2 Å². The van der Waals surface area contributed by atoms with Crippen molar-refractivity contribution in [3.8, 4) is 0 Å². The molecule has 0 bridgehead atoms. The van der Waals surface area contributed by atoms with Crippen molar-refractivity contribution in [3.05, 3.63) is 36.0 Å². The van der Waals surface area contributed by atoms with Crippen molar-refractivity contribution < 1.29 is 18.0 Å². The van der Waals surface area contributed by atoms with Crippen LogP contribution in [0.2, 0.25) is 0 Å². The van der Waals surface area contributed by atoms with E-state index in [1.165, 1.54) is 24.3 Å². The van der Waals surface area contributed by atoms with E-state index in [-0.39, 0.29) is 21.0 Å². The van der Waals surface area contributed by atoms with Gasteiger partial charge in [-0.15, -0.1) is 13.2 Å². The van der Waals surface area contributed by atoms with Crippen molar-refractivity contribution in [2.45, 2.75) is 6.30 Å². The SMILES string of the molecule is NC(=O)c1cccc2c1ccn2C(F)(F)F. The maximum absolute atomic E-state index is 12.5. The summed E-state index contributed by atoms with van der Waals surface area (Å²) in [7, 11) is 0. The van der Waals surface area contributed by atoms with Crippen molar-refractivity contribution in [1.82, 2.24) is 4.57 Å². The van der Waals surface area contributed by atoms with Crippen LogP contribution in [-0.4, -0.2) is 10.5 Å². The molecule has 6 heteroatoms. The Morgan fingerprint density at radius 3 is 2.50 bits per heavy atom. The van der Waals surface area contributed by atoms with Crippen LogP contribution in [0.4, 0.5) is 13.2 Å². The summed E-state index contributed by atoms with van der Waals surface area (Å²) in [5.41, 5.74) is 5.07. The van der Waals surface area contributed by atoms with E-state index in [9.17, 15) is 18.0 Å². The number of nitrogens with zero attached hydrogens (tertiary/aromatic N) is 1. The fraction of sp³-hybridized carbons (Fsp3) is 0.100. The van der Waals surface area contributed by atoms with Gasteiger partial charge in [0.2, 0.25) is 5.91 Å². The molecule has 1 aromatic heterocycles. The van der Waals surface area contributed by atoms with Crippen LogP contribution in [-0.2, 0) is 6.30 Å². The van der Waals surface area contributed by atoms with Gasteiger partial charge in [0.1, 0.15) is 0 Å². The van der Waals surface area contributed by atoms with E-state index in [4.69, 9.17) is 5.73 Å². The Morgan fingerprint density at radius 1 is 1.25 bits per heavy atom. The zero-order chi connectivity index (χ0) is 11.9. The van der Waals surface area contributed by atoms with E-state index < -0.39 is 12.2 Å². The molecule has 1 amide bonds. The van der Waals surface area contributed by atoms with Gasteiger partial charge in [-0.25, -0.2) is 0 Å². The second-order valence-electron chi connectivity index (χ2n) is 3.26. The van der Waals surface area contributed by atoms with Crippen LogP contribution in [0.1, 0.15) is 10.4 Å². The summed E-state index contributed by atoms with van der Waals surface area (Å²) < 4.78 is 37.7. The van der Waals surface area contributed by atoms with Crippen molar-refractivity contribution in [1.29, 1.82) is 0 Å². The molecular formula is C10H7F3N2O. The molecule has 2 rings (SSSR count). The summed E-state index contributed by atoms with van der Waals surface area (Å²) in [6.45, 7) is 0. The number of hydrogen-bond acceptors (Lipinski definition) is 1. The number of alkyl halides is 3. The summed E-state index contributed by atoms with van der Waals surface area (Å²) >= 11 is 0. The van der Waals surface area contributed by atoms with E-state index in [0.717, 1.165) is 6.20 Å². The van der Waals surface area contributed by atoms with E-state index in [1.54, 1.807) is 0 Å². The van der Waals surface area contributed by atoms with Crippen LogP contribution in [0.3, 0.4) is 0 Å². The molecule has 0 atom stereocenters. The quantitative estimate of drug-likeness (QED) is 0.799. The predicted molar refractivity (Wildman–Crippen MR) is 51.8 cm³/mol. The first-order chi connectivity index (χ1) is 7.41. The maximum Gasteiger partial charge on any atom is 0.488 e. The number of halogens is 3. The molecule has 0 unspecified atom stereocenters. The lowest BCUT2D eigenvalue weighted by molar-refractivity contribution is -0.200. The molecule has 2 N–H and O–H groups in total. The van der Waals surface area contributed by atoms with Crippen LogP contribution in [0.15, 0.2) is 30.5 Å². The number of fused-ring (bicyclic) bond motifs is 1. The normalized spacial score (nSPS) is 11.9. The summed E-state index contributed by atoms with van der Waals surface area (Å²) in [5, 5.41) is 0.201. The molecule has 1 heterocycles. The highest BCUT2D eigenvalue weighted by molar-refractivity contribution is 6.05. The van der Waals surface area contributed by atoms with Crippen LogP contribution in [0.25, 0.3) is 10.9 Å². The molecule has 84 valence electrons. The summed E-state index contributed by atoms with van der Waals surface area (Å²) in [5.74, 6) is -0.745. The lowest BCUT2D eigenvalue weighted by atomic mass is 10.1. The molecular weight excluding hydrogens is 221 g/mol. The van der Waals surface area contributed by atoms with E-state index >= 15 is 0 Å². The predicted octanol–water partition coefficient (Wildman–Crippen LogP) is 2.22. The highest BCUT2D eigenvalue weighted by atomic mass is 19.4. The summed E-state index contributed by atoms with van der Waals surface area (Å²) in [6.07, 6.45) is -3.63. The first-order valence-electron chi connectivity index (χ1n) is 4.38. The molecule has 0 spiro atoms. The van der Waals surface area contributed by atoms with Gasteiger partial charge >= 0.3 is 6.30 Å². The van der Waals surface area contributed by atoms with Gasteiger partial charge < -0.3 is 5.73 Å². The van der Waals surface area contributed by atoms with Gasteiger partial charge in [-0.1, -0.05) is 6.07 Å². The monoisotopic (exact) mass is 228 g/mol. The lowest BCUT2D eigenvalue weighted by Gasteiger charge is -2.09. The average Bonchev–Trinajstić information content (AvgIpc) is 2.59. The number of carbonyl (C=O) groups is 1. The number of hydrogen-bond donors (Lipinski definition) is 1. The minimum atomic E-state index is -4.50. The second-order valence-corrected chi connectivity index (χ2v) is 3.26. The molecule has 16 heavy (non-hydrogen) atoms. The Labute approximate surface area is 88.3 Å². The number of aromatic nitrogens is 1. The zero-order valence-corrected chi connectivity index (χ0v) is 7.95. The molecule has 0 aliphatic rings. The molecule has 0 aliphatic carbocycles. The Kier molecular flexibility index (Phi) is 2.15. The number of amides is 1. The third kappa shape index (κ3) is 1.52. The Morgan fingerprint density at radius 2 is 1.94 bits per heavy atom. The van der Waals surface area contributed by atoms with Crippen LogP contribution < -0.4 is 5.73 Å². The van der Waals surface area contributed by atoms with Gasteiger partial charge in [0, 0.05) is 17.1 Å². The summed E-state index contributed by atoms with van der Waals surface area (Å²) in [6, 6.07) is 5.27. The Bertz CT molecular complexity index is 557. The van der Waals surface area contributed by atoms with Gasteiger partial charge in [0.05, 0.1) is 5.52 Å². The smallest absolute Gasteiger partial charge is 0.366 e. The minimum absolute atomic E-state index is 0.0798. The maximum atomic E-state index is 12.5. The van der Waals surface area contributed by atoms with Crippen molar-refractivity contribution in [2.75, 3.05) is 0 Å². The van der Waals surface area contributed by atoms with Crippen molar-refractivity contribution >= 4 is 16.8 Å². The highest BCUT2D eigenvalue weighted by Crippen LogP contribution is 2.29. The molecule has 0 fully saturated rings. The van der Waals surface area contributed by atoms with E-state index in [0.29, 0.717) is 0 Å². The van der Waals surface area contributed by atoms with Gasteiger partial charge in [0.15, 0.2) is 0 Å². The number of nitrogens with two attached hydrogens (primary N) is 1. The molecule has 0 radical (unpaired) electrons. The Hall–Kier alpha value is -1.98. The minimum Gasteiger partial charge on any atom is -0.366 e. The third-order valence-electron chi connectivity index (χ3n) is 2.27.